The topological polar surface area (TPSA) is 209 Å². The maximum Gasteiger partial charge on any atom is 0.326 e. The molecule has 0 aliphatic rings. The first-order valence-electron chi connectivity index (χ1n) is 11.3. The molecular weight excluding hydrogens is 420 g/mol. The van der Waals surface area contributed by atoms with Crippen LogP contribution in [0.15, 0.2) is 0 Å². The largest absolute Gasteiger partial charge is 0.480 e. The van der Waals surface area contributed by atoms with Crippen LogP contribution >= 0.6 is 0 Å². The highest BCUT2D eigenvalue weighted by Gasteiger charge is 2.19. The summed E-state index contributed by atoms with van der Waals surface area (Å²) in [7, 11) is 0. The molecule has 12 nitrogen and oxygen atoms in total. The maximum atomic E-state index is 11.8. The molecule has 0 saturated carbocycles. The Balaban J connectivity index is 3.83. The van der Waals surface area contributed by atoms with E-state index in [9.17, 15) is 19.2 Å². The maximum absolute atomic E-state index is 11.8. The minimum atomic E-state index is -1.07. The molecule has 0 aromatic rings. The van der Waals surface area contributed by atoms with Crippen LogP contribution in [0, 0.1) is 0 Å². The van der Waals surface area contributed by atoms with Gasteiger partial charge in [0, 0.05) is 13.1 Å². The van der Waals surface area contributed by atoms with Gasteiger partial charge in [0.05, 0.1) is 0 Å². The first-order valence-corrected chi connectivity index (χ1v) is 11.3. The number of carboxylic acid groups (broad SMARTS) is 2. The van der Waals surface area contributed by atoms with Gasteiger partial charge in [-0.1, -0.05) is 12.8 Å². The Morgan fingerprint density at radius 1 is 0.594 bits per heavy atom. The van der Waals surface area contributed by atoms with Crippen LogP contribution in [0.1, 0.15) is 64.2 Å². The lowest BCUT2D eigenvalue weighted by molar-refractivity contribution is -0.140. The van der Waals surface area contributed by atoms with E-state index in [4.69, 9.17) is 21.7 Å². The second-order valence-electron chi connectivity index (χ2n) is 7.57. The average molecular weight is 461 g/mol. The normalized spacial score (nSPS) is 12.4. The van der Waals surface area contributed by atoms with Crippen molar-refractivity contribution in [1.82, 2.24) is 21.3 Å². The number of hydrogen-bond acceptors (Lipinski definition) is 6. The van der Waals surface area contributed by atoms with Crippen LogP contribution in [0.2, 0.25) is 0 Å². The highest BCUT2D eigenvalue weighted by molar-refractivity contribution is 5.83. The Hall–Kier alpha value is -2.60. The van der Waals surface area contributed by atoms with Crippen molar-refractivity contribution in [2.75, 3.05) is 26.2 Å². The first kappa shape index (κ1) is 29.4. The predicted octanol–water partition coefficient (Wildman–Crippen LogP) is 0.310. The molecule has 0 saturated heterocycles. The molecule has 12 heteroatoms. The number of aliphatic carboxylic acids is 2. The quantitative estimate of drug-likeness (QED) is 0.125. The van der Waals surface area contributed by atoms with E-state index in [2.05, 4.69) is 21.3 Å². The number of carboxylic acids is 2. The van der Waals surface area contributed by atoms with Crippen molar-refractivity contribution in [2.45, 2.75) is 76.3 Å². The fourth-order valence-corrected chi connectivity index (χ4v) is 2.93. The Morgan fingerprint density at radius 3 is 1.28 bits per heavy atom. The number of amides is 4. The summed E-state index contributed by atoms with van der Waals surface area (Å²) >= 11 is 0. The van der Waals surface area contributed by atoms with Crippen LogP contribution in [-0.4, -0.2) is 72.5 Å². The van der Waals surface area contributed by atoms with E-state index in [1.165, 1.54) is 0 Å². The van der Waals surface area contributed by atoms with Crippen LogP contribution in [0.3, 0.4) is 0 Å². The lowest BCUT2D eigenvalue weighted by atomic mass is 10.1. The van der Waals surface area contributed by atoms with Crippen LogP contribution in [0.4, 0.5) is 9.59 Å². The van der Waals surface area contributed by atoms with E-state index in [-0.39, 0.29) is 0 Å². The smallest absolute Gasteiger partial charge is 0.326 e. The van der Waals surface area contributed by atoms with E-state index in [0.717, 1.165) is 12.8 Å². The van der Waals surface area contributed by atoms with E-state index in [1.54, 1.807) is 0 Å². The molecular formula is C20H40N6O6. The molecule has 4 amide bonds. The van der Waals surface area contributed by atoms with Crippen molar-refractivity contribution in [2.24, 2.45) is 11.5 Å². The molecule has 0 unspecified atom stereocenters. The van der Waals surface area contributed by atoms with Crippen LogP contribution in [-0.2, 0) is 9.59 Å². The van der Waals surface area contributed by atoms with Gasteiger partial charge in [0.25, 0.3) is 0 Å². The second-order valence-corrected chi connectivity index (χ2v) is 7.57. The highest BCUT2D eigenvalue weighted by atomic mass is 16.4. The summed E-state index contributed by atoms with van der Waals surface area (Å²) in [5.74, 6) is -2.14. The van der Waals surface area contributed by atoms with Gasteiger partial charge in [0.2, 0.25) is 0 Å². The van der Waals surface area contributed by atoms with Crippen LogP contribution < -0.4 is 32.7 Å². The summed E-state index contributed by atoms with van der Waals surface area (Å²) in [6, 6.07) is -2.88. The van der Waals surface area contributed by atoms with Gasteiger partial charge in [0.1, 0.15) is 12.1 Å². The Labute approximate surface area is 189 Å². The summed E-state index contributed by atoms with van der Waals surface area (Å²) in [5, 5.41) is 28.4. The number of nitrogens with one attached hydrogen (secondary N) is 4. The van der Waals surface area contributed by atoms with Gasteiger partial charge >= 0.3 is 24.0 Å². The summed E-state index contributed by atoms with van der Waals surface area (Å²) < 4.78 is 0. The Bertz CT molecular complexity index is 515. The minimum Gasteiger partial charge on any atom is -0.480 e. The van der Waals surface area contributed by atoms with Gasteiger partial charge in [-0.05, 0) is 64.5 Å². The molecule has 0 rings (SSSR count). The molecule has 32 heavy (non-hydrogen) atoms. The van der Waals surface area contributed by atoms with Gasteiger partial charge < -0.3 is 42.9 Å². The molecule has 0 spiro atoms. The van der Waals surface area contributed by atoms with Crippen LogP contribution in [0.25, 0.3) is 0 Å². The average Bonchev–Trinajstić information content (AvgIpc) is 2.74. The molecule has 0 bridgehead atoms. The van der Waals surface area contributed by atoms with Crippen molar-refractivity contribution in [3.63, 3.8) is 0 Å². The fraction of sp³-hybridized carbons (Fsp3) is 0.800. The highest BCUT2D eigenvalue weighted by Crippen LogP contribution is 2.02. The Kier molecular flexibility index (Phi) is 17.6. The number of carbonyl (C=O) groups is 4. The molecule has 0 heterocycles. The third kappa shape index (κ3) is 16.1. The summed E-state index contributed by atoms with van der Waals surface area (Å²) in [6.45, 7) is 1.80. The van der Waals surface area contributed by atoms with Crippen molar-refractivity contribution >= 4 is 24.0 Å². The minimum absolute atomic E-state index is 0.335. The molecule has 0 aliphatic carbocycles. The number of hydrogen-bond donors (Lipinski definition) is 8. The van der Waals surface area contributed by atoms with Crippen molar-refractivity contribution in [3.05, 3.63) is 0 Å². The molecule has 186 valence electrons. The predicted molar refractivity (Wildman–Crippen MR) is 120 cm³/mol. The lowest BCUT2D eigenvalue weighted by Gasteiger charge is -2.15. The molecule has 0 fully saturated rings. The fourth-order valence-electron chi connectivity index (χ4n) is 2.93. The number of nitrogens with two attached hydrogens (primary N) is 2. The van der Waals surface area contributed by atoms with E-state index in [0.29, 0.717) is 77.5 Å². The molecule has 10 N–H and O–H groups in total. The number of carbonyl (C=O) groups excluding carboxylic acids is 2. The summed E-state index contributed by atoms with van der Waals surface area (Å²) in [6.07, 6.45) is 6.41. The summed E-state index contributed by atoms with van der Waals surface area (Å²) in [5.41, 5.74) is 10.8. The van der Waals surface area contributed by atoms with Gasteiger partial charge in [-0.3, -0.25) is 0 Å². The molecule has 2 atom stereocenters. The van der Waals surface area contributed by atoms with Gasteiger partial charge in [0.15, 0.2) is 0 Å². The standard InChI is InChI=1S/C20H40N6O6/c21-11-5-3-9-15(17(27)28)25-19(31)23-13-7-1-2-8-14-24-20(32)26-16(18(29)30)10-4-6-12-22/h15-16H,1-14,21-22H2,(H,27,28)(H,29,30)(H2,23,25,31)(H2,24,26,32)/t15-,16-/m0/s1. The number of rotatable bonds is 19. The molecule has 0 aromatic carbocycles. The monoisotopic (exact) mass is 460 g/mol. The van der Waals surface area contributed by atoms with E-state index < -0.39 is 36.1 Å². The molecule has 0 aliphatic heterocycles. The zero-order chi connectivity index (χ0) is 24.2. The SMILES string of the molecule is NCCCC[C@H](NC(=O)NCCCCCCNC(=O)N[C@@H](CCCCN)C(=O)O)C(=O)O. The Morgan fingerprint density at radius 2 is 0.969 bits per heavy atom. The van der Waals surface area contributed by atoms with Crippen LogP contribution in [0.5, 0.6) is 0 Å². The first-order chi connectivity index (χ1) is 15.3. The lowest BCUT2D eigenvalue weighted by Crippen LogP contribution is -2.46. The van der Waals surface area contributed by atoms with Gasteiger partial charge in [-0.25, -0.2) is 19.2 Å². The summed E-state index contributed by atoms with van der Waals surface area (Å²) in [4.78, 5) is 45.9. The third-order valence-corrected chi connectivity index (χ3v) is 4.78. The molecule has 0 radical (unpaired) electrons. The molecule has 0 aromatic heterocycles. The number of unbranched alkanes of at least 4 members (excludes halogenated alkanes) is 5. The van der Waals surface area contributed by atoms with Crippen molar-refractivity contribution < 1.29 is 29.4 Å². The number of urea groups is 2. The zero-order valence-corrected chi connectivity index (χ0v) is 18.7. The van der Waals surface area contributed by atoms with E-state index >= 15 is 0 Å². The van der Waals surface area contributed by atoms with Crippen molar-refractivity contribution in [1.29, 1.82) is 0 Å². The van der Waals surface area contributed by atoms with Gasteiger partial charge in [-0.2, -0.15) is 0 Å². The van der Waals surface area contributed by atoms with Gasteiger partial charge in [-0.15, -0.1) is 0 Å². The van der Waals surface area contributed by atoms with E-state index in [1.807, 2.05) is 0 Å². The van der Waals surface area contributed by atoms with Crippen molar-refractivity contribution in [3.8, 4) is 0 Å². The zero-order valence-electron chi connectivity index (χ0n) is 18.7. The second kappa shape index (κ2) is 19.1. The third-order valence-electron chi connectivity index (χ3n) is 4.78.